The molecule has 2 atom stereocenters. The van der Waals surface area contributed by atoms with Crippen LogP contribution in [-0.4, -0.2) is 36.1 Å². The van der Waals surface area contributed by atoms with E-state index in [1.807, 2.05) is 6.07 Å². The second-order valence-electron chi connectivity index (χ2n) is 4.86. The Hall–Kier alpha value is -0.640. The Morgan fingerprint density at radius 2 is 2.12 bits per heavy atom. The summed E-state index contributed by atoms with van der Waals surface area (Å²) >= 11 is 5.89. The first-order chi connectivity index (χ1) is 7.81. The molecule has 1 N–H and O–H groups in total. The summed E-state index contributed by atoms with van der Waals surface area (Å²) in [6.07, 6.45) is 1.79. The normalized spacial score (nSPS) is 29.6. The maximum atomic E-state index is 5.89. The maximum Gasteiger partial charge on any atom is 0.129 e. The van der Waals surface area contributed by atoms with Crippen LogP contribution in [0.2, 0.25) is 5.15 Å². The second kappa shape index (κ2) is 4.32. The van der Waals surface area contributed by atoms with Gasteiger partial charge in [0.1, 0.15) is 5.15 Å². The first kappa shape index (κ1) is 10.5. The zero-order chi connectivity index (χ0) is 11.0. The van der Waals surface area contributed by atoms with Crippen LogP contribution in [0.25, 0.3) is 0 Å². The molecule has 4 heteroatoms. The van der Waals surface area contributed by atoms with Gasteiger partial charge in [0.15, 0.2) is 0 Å². The van der Waals surface area contributed by atoms with Crippen molar-refractivity contribution >= 4 is 11.6 Å². The molecule has 1 aromatic rings. The van der Waals surface area contributed by atoms with Crippen LogP contribution < -0.4 is 5.32 Å². The second-order valence-corrected chi connectivity index (χ2v) is 5.25. The van der Waals surface area contributed by atoms with Gasteiger partial charge >= 0.3 is 0 Å². The highest BCUT2D eigenvalue weighted by molar-refractivity contribution is 6.29. The van der Waals surface area contributed by atoms with Gasteiger partial charge in [0.25, 0.3) is 0 Å². The molecular formula is C12H16ClN3. The molecule has 3 heterocycles. The fourth-order valence-electron chi connectivity index (χ4n) is 2.88. The van der Waals surface area contributed by atoms with E-state index in [-0.39, 0.29) is 0 Å². The smallest absolute Gasteiger partial charge is 0.129 e. The summed E-state index contributed by atoms with van der Waals surface area (Å²) in [5.74, 6) is 1.72. The van der Waals surface area contributed by atoms with Crippen LogP contribution in [-0.2, 0) is 6.54 Å². The first-order valence-corrected chi connectivity index (χ1v) is 6.22. The minimum atomic E-state index is 0.596. The van der Waals surface area contributed by atoms with Crippen LogP contribution in [0.4, 0.5) is 0 Å². The topological polar surface area (TPSA) is 28.2 Å². The van der Waals surface area contributed by atoms with E-state index >= 15 is 0 Å². The molecule has 0 aromatic carbocycles. The predicted molar refractivity (Wildman–Crippen MR) is 64.4 cm³/mol. The van der Waals surface area contributed by atoms with Gasteiger partial charge in [0.2, 0.25) is 0 Å². The van der Waals surface area contributed by atoms with Crippen molar-refractivity contribution in [3.8, 4) is 0 Å². The molecule has 0 saturated carbocycles. The molecule has 0 spiro atoms. The molecule has 16 heavy (non-hydrogen) atoms. The van der Waals surface area contributed by atoms with E-state index in [0.717, 1.165) is 18.4 Å². The SMILES string of the molecule is Clc1cc(CN2C[C@H]3CNC[C@H]3C2)ccn1. The van der Waals surface area contributed by atoms with E-state index in [1.54, 1.807) is 6.20 Å². The maximum absolute atomic E-state index is 5.89. The lowest BCUT2D eigenvalue weighted by Gasteiger charge is -2.16. The highest BCUT2D eigenvalue weighted by atomic mass is 35.5. The number of hydrogen-bond donors (Lipinski definition) is 1. The number of pyridine rings is 1. The van der Waals surface area contributed by atoms with Gasteiger partial charge in [-0.1, -0.05) is 11.6 Å². The standard InChI is InChI=1S/C12H16ClN3/c13-12-3-9(1-2-15-12)6-16-7-10-4-14-5-11(10)8-16/h1-3,10-11,14H,4-8H2/t10-,11+. The van der Waals surface area contributed by atoms with Gasteiger partial charge in [-0.3, -0.25) is 4.90 Å². The molecule has 3 nitrogen and oxygen atoms in total. The minimum Gasteiger partial charge on any atom is -0.316 e. The summed E-state index contributed by atoms with van der Waals surface area (Å²) in [6.45, 7) is 5.83. The Morgan fingerprint density at radius 3 is 2.81 bits per heavy atom. The van der Waals surface area contributed by atoms with Crippen molar-refractivity contribution < 1.29 is 0 Å². The van der Waals surface area contributed by atoms with Crippen LogP contribution in [0.15, 0.2) is 18.3 Å². The zero-order valence-electron chi connectivity index (χ0n) is 9.19. The molecule has 0 radical (unpaired) electrons. The number of aromatic nitrogens is 1. The Kier molecular flexibility index (Phi) is 2.84. The summed E-state index contributed by atoms with van der Waals surface area (Å²) in [6, 6.07) is 4.02. The number of nitrogens with zero attached hydrogens (tertiary/aromatic N) is 2. The lowest BCUT2D eigenvalue weighted by molar-refractivity contribution is 0.305. The third kappa shape index (κ3) is 2.08. The number of nitrogens with one attached hydrogen (secondary N) is 1. The fraction of sp³-hybridized carbons (Fsp3) is 0.583. The molecule has 2 aliphatic heterocycles. The van der Waals surface area contributed by atoms with Gasteiger partial charge in [-0.2, -0.15) is 0 Å². The zero-order valence-corrected chi connectivity index (χ0v) is 9.95. The summed E-state index contributed by atoms with van der Waals surface area (Å²) in [7, 11) is 0. The molecule has 0 amide bonds. The third-order valence-corrected chi connectivity index (χ3v) is 3.87. The van der Waals surface area contributed by atoms with E-state index in [0.29, 0.717) is 5.15 Å². The number of halogens is 1. The average Bonchev–Trinajstić information content (AvgIpc) is 2.77. The van der Waals surface area contributed by atoms with Gasteiger partial charge in [-0.05, 0) is 42.6 Å². The van der Waals surface area contributed by atoms with Crippen molar-refractivity contribution in [1.29, 1.82) is 0 Å². The Labute approximate surface area is 101 Å². The molecule has 0 aliphatic carbocycles. The van der Waals surface area contributed by atoms with Gasteiger partial charge in [-0.25, -0.2) is 4.98 Å². The molecule has 2 fully saturated rings. The Morgan fingerprint density at radius 1 is 1.38 bits per heavy atom. The van der Waals surface area contributed by atoms with Crippen LogP contribution >= 0.6 is 11.6 Å². The predicted octanol–water partition coefficient (Wildman–Crippen LogP) is 1.39. The van der Waals surface area contributed by atoms with E-state index in [9.17, 15) is 0 Å². The van der Waals surface area contributed by atoms with Crippen molar-refractivity contribution in [2.75, 3.05) is 26.2 Å². The van der Waals surface area contributed by atoms with E-state index in [4.69, 9.17) is 11.6 Å². The third-order valence-electron chi connectivity index (χ3n) is 3.66. The summed E-state index contributed by atoms with van der Waals surface area (Å²) in [4.78, 5) is 6.54. The lowest BCUT2D eigenvalue weighted by Crippen LogP contribution is -2.25. The van der Waals surface area contributed by atoms with E-state index in [1.165, 1.54) is 31.7 Å². The minimum absolute atomic E-state index is 0.596. The highest BCUT2D eigenvalue weighted by Gasteiger charge is 2.35. The molecule has 1 aromatic heterocycles. The fourth-order valence-corrected chi connectivity index (χ4v) is 3.08. The van der Waals surface area contributed by atoms with Crippen molar-refractivity contribution in [2.45, 2.75) is 6.54 Å². The average molecular weight is 238 g/mol. The van der Waals surface area contributed by atoms with Crippen molar-refractivity contribution in [3.05, 3.63) is 29.0 Å². The number of hydrogen-bond acceptors (Lipinski definition) is 3. The van der Waals surface area contributed by atoms with Crippen LogP contribution in [0.5, 0.6) is 0 Å². The van der Waals surface area contributed by atoms with Crippen molar-refractivity contribution in [2.24, 2.45) is 11.8 Å². The van der Waals surface area contributed by atoms with Crippen molar-refractivity contribution in [3.63, 3.8) is 0 Å². The first-order valence-electron chi connectivity index (χ1n) is 5.85. The van der Waals surface area contributed by atoms with E-state index < -0.39 is 0 Å². The number of rotatable bonds is 2. The summed E-state index contributed by atoms with van der Waals surface area (Å²) in [5.41, 5.74) is 1.27. The van der Waals surface area contributed by atoms with E-state index in [2.05, 4.69) is 21.3 Å². The van der Waals surface area contributed by atoms with Crippen LogP contribution in [0, 0.1) is 11.8 Å². The van der Waals surface area contributed by atoms with Crippen LogP contribution in [0.3, 0.4) is 0 Å². The molecule has 2 saturated heterocycles. The number of fused-ring (bicyclic) bond motifs is 1. The van der Waals surface area contributed by atoms with Gasteiger partial charge in [-0.15, -0.1) is 0 Å². The quantitative estimate of drug-likeness (QED) is 0.788. The molecule has 86 valence electrons. The molecule has 0 unspecified atom stereocenters. The highest BCUT2D eigenvalue weighted by Crippen LogP contribution is 2.27. The van der Waals surface area contributed by atoms with Gasteiger partial charge in [0.05, 0.1) is 0 Å². The van der Waals surface area contributed by atoms with Gasteiger partial charge in [0, 0.05) is 25.8 Å². The summed E-state index contributed by atoms with van der Waals surface area (Å²) in [5, 5.41) is 4.06. The summed E-state index contributed by atoms with van der Waals surface area (Å²) < 4.78 is 0. The molecular weight excluding hydrogens is 222 g/mol. The van der Waals surface area contributed by atoms with Gasteiger partial charge < -0.3 is 5.32 Å². The monoisotopic (exact) mass is 237 g/mol. The molecule has 3 rings (SSSR count). The molecule has 2 aliphatic rings. The Bertz CT molecular complexity index is 370. The van der Waals surface area contributed by atoms with Crippen LogP contribution in [0.1, 0.15) is 5.56 Å². The number of likely N-dealkylation sites (tertiary alicyclic amines) is 1. The lowest BCUT2D eigenvalue weighted by atomic mass is 10.0. The van der Waals surface area contributed by atoms with Crippen molar-refractivity contribution in [1.82, 2.24) is 15.2 Å². The molecule has 0 bridgehead atoms. The largest absolute Gasteiger partial charge is 0.316 e. The Balaban J connectivity index is 1.64.